The summed E-state index contributed by atoms with van der Waals surface area (Å²) in [5.74, 6) is 0.237. The number of hydrogen-bond donors (Lipinski definition) is 2. The van der Waals surface area contributed by atoms with Gasteiger partial charge in [0.2, 0.25) is 0 Å². The number of aryl methyl sites for hydroxylation is 1. The number of benzene rings is 1. The molecule has 0 aliphatic carbocycles. The Labute approximate surface area is 90.8 Å². The fourth-order valence-electron chi connectivity index (χ4n) is 1.06. The van der Waals surface area contributed by atoms with E-state index < -0.39 is 0 Å². The van der Waals surface area contributed by atoms with Gasteiger partial charge in [0.1, 0.15) is 5.84 Å². The van der Waals surface area contributed by atoms with E-state index in [4.69, 9.17) is 10.9 Å². The smallest absolute Gasteiger partial charge is 0.143 e. The quantitative estimate of drug-likeness (QED) is 0.287. The molecule has 3 nitrogen and oxygen atoms in total. The van der Waals surface area contributed by atoms with E-state index in [2.05, 4.69) is 27.7 Å². The second-order valence-corrected chi connectivity index (χ2v) is 4.01. The first-order chi connectivity index (χ1) is 6.13. The third-order valence-electron chi connectivity index (χ3n) is 1.74. The van der Waals surface area contributed by atoms with Crippen LogP contribution in [-0.4, -0.2) is 11.0 Å². The maximum absolute atomic E-state index is 8.38. The Morgan fingerprint density at radius 3 is 2.85 bits per heavy atom. The average molecular weight is 290 g/mol. The van der Waals surface area contributed by atoms with Gasteiger partial charge >= 0.3 is 0 Å². The summed E-state index contributed by atoms with van der Waals surface area (Å²) in [6.45, 7) is 2.04. The third-order valence-corrected chi connectivity index (χ3v) is 2.95. The average Bonchev–Trinajstić information content (AvgIpc) is 2.11. The van der Waals surface area contributed by atoms with Crippen LogP contribution in [0.5, 0.6) is 0 Å². The van der Waals surface area contributed by atoms with Gasteiger partial charge in [-0.3, -0.25) is 0 Å². The Balaban J connectivity index is 2.86. The van der Waals surface area contributed by atoms with Crippen LogP contribution in [0, 0.1) is 10.5 Å². The molecule has 1 rings (SSSR count). The van der Waals surface area contributed by atoms with Gasteiger partial charge in [-0.25, -0.2) is 0 Å². The van der Waals surface area contributed by atoms with Crippen LogP contribution in [0.3, 0.4) is 0 Å². The summed E-state index contributed by atoms with van der Waals surface area (Å²) in [5.41, 5.74) is 7.67. The second kappa shape index (κ2) is 4.45. The van der Waals surface area contributed by atoms with Gasteiger partial charge in [-0.05, 0) is 46.7 Å². The molecule has 0 saturated carbocycles. The molecule has 3 N–H and O–H groups in total. The third kappa shape index (κ3) is 2.87. The van der Waals surface area contributed by atoms with Crippen molar-refractivity contribution in [1.82, 2.24) is 0 Å². The zero-order valence-corrected chi connectivity index (χ0v) is 9.45. The van der Waals surface area contributed by atoms with Gasteiger partial charge < -0.3 is 10.9 Å². The summed E-state index contributed by atoms with van der Waals surface area (Å²) in [6, 6.07) is 6.04. The molecule has 0 radical (unpaired) electrons. The minimum absolute atomic E-state index is 0.237. The molecule has 0 bridgehead atoms. The van der Waals surface area contributed by atoms with Crippen LogP contribution in [0.2, 0.25) is 0 Å². The van der Waals surface area contributed by atoms with E-state index >= 15 is 0 Å². The summed E-state index contributed by atoms with van der Waals surface area (Å²) < 4.78 is 1.22. The highest BCUT2D eigenvalue weighted by atomic mass is 127. The molecule has 0 fully saturated rings. The molecule has 0 saturated heterocycles. The monoisotopic (exact) mass is 290 g/mol. The molecule has 0 aliphatic heterocycles. The van der Waals surface area contributed by atoms with E-state index in [1.54, 1.807) is 0 Å². The Bertz CT molecular complexity index is 336. The molecule has 70 valence electrons. The van der Waals surface area contributed by atoms with Crippen LogP contribution in [-0.2, 0) is 6.42 Å². The first-order valence-corrected chi connectivity index (χ1v) is 4.93. The van der Waals surface area contributed by atoms with Gasteiger partial charge in [-0.1, -0.05) is 17.3 Å². The zero-order valence-electron chi connectivity index (χ0n) is 7.29. The first-order valence-electron chi connectivity index (χ1n) is 3.85. The van der Waals surface area contributed by atoms with Gasteiger partial charge in [0.25, 0.3) is 0 Å². The molecule has 0 heterocycles. The van der Waals surface area contributed by atoms with E-state index in [0.717, 1.165) is 5.56 Å². The van der Waals surface area contributed by atoms with Crippen LogP contribution in [0.1, 0.15) is 11.1 Å². The fraction of sp³-hybridized carbons (Fsp3) is 0.222. The Morgan fingerprint density at radius 2 is 2.31 bits per heavy atom. The lowest BCUT2D eigenvalue weighted by Crippen LogP contribution is -2.14. The van der Waals surface area contributed by atoms with Gasteiger partial charge in [-0.2, -0.15) is 0 Å². The number of hydrogen-bond acceptors (Lipinski definition) is 2. The van der Waals surface area contributed by atoms with Gasteiger partial charge in [0.15, 0.2) is 0 Å². The number of oxime groups is 1. The van der Waals surface area contributed by atoms with Crippen molar-refractivity contribution in [2.24, 2.45) is 10.9 Å². The topological polar surface area (TPSA) is 58.6 Å². The van der Waals surface area contributed by atoms with Crippen LogP contribution >= 0.6 is 22.6 Å². The molecular weight excluding hydrogens is 279 g/mol. The molecule has 4 heteroatoms. The molecular formula is C9H11IN2O. The molecule has 13 heavy (non-hydrogen) atoms. The minimum Gasteiger partial charge on any atom is -0.409 e. The highest BCUT2D eigenvalue weighted by Crippen LogP contribution is 2.13. The normalized spacial score (nSPS) is 11.7. The van der Waals surface area contributed by atoms with Crippen molar-refractivity contribution in [2.75, 3.05) is 0 Å². The van der Waals surface area contributed by atoms with Crippen molar-refractivity contribution in [3.8, 4) is 0 Å². The van der Waals surface area contributed by atoms with Crippen molar-refractivity contribution in [2.45, 2.75) is 13.3 Å². The lowest BCUT2D eigenvalue weighted by Gasteiger charge is -2.02. The minimum atomic E-state index is 0.237. The summed E-state index contributed by atoms with van der Waals surface area (Å²) >= 11 is 2.27. The molecule has 0 aromatic heterocycles. The molecule has 0 spiro atoms. The van der Waals surface area contributed by atoms with Crippen LogP contribution < -0.4 is 5.73 Å². The summed E-state index contributed by atoms with van der Waals surface area (Å²) in [4.78, 5) is 0. The molecule has 1 aromatic rings. The van der Waals surface area contributed by atoms with Crippen LogP contribution in [0.25, 0.3) is 0 Å². The van der Waals surface area contributed by atoms with E-state index in [-0.39, 0.29) is 5.84 Å². The van der Waals surface area contributed by atoms with Crippen LogP contribution in [0.4, 0.5) is 0 Å². The number of rotatable bonds is 2. The number of halogens is 1. The van der Waals surface area contributed by atoms with Gasteiger partial charge in [-0.15, -0.1) is 0 Å². The number of amidine groups is 1. The van der Waals surface area contributed by atoms with Crippen molar-refractivity contribution >= 4 is 28.4 Å². The lowest BCUT2D eigenvalue weighted by molar-refractivity contribution is 0.317. The number of nitrogens with two attached hydrogens (primary N) is 1. The SMILES string of the molecule is Cc1cc(C/C(N)=N\O)ccc1I. The molecule has 0 aliphatic rings. The van der Waals surface area contributed by atoms with Crippen LogP contribution in [0.15, 0.2) is 23.4 Å². The zero-order chi connectivity index (χ0) is 9.84. The highest BCUT2D eigenvalue weighted by Gasteiger charge is 1.99. The maximum Gasteiger partial charge on any atom is 0.143 e. The lowest BCUT2D eigenvalue weighted by atomic mass is 10.1. The standard InChI is InChI=1S/C9H11IN2O/c1-6-4-7(2-3-8(6)10)5-9(11)12-13/h2-4,13H,5H2,1H3,(H2,11,12). The maximum atomic E-state index is 8.38. The van der Waals surface area contributed by atoms with E-state index in [0.29, 0.717) is 6.42 Å². The predicted molar refractivity (Wildman–Crippen MR) is 61.0 cm³/mol. The largest absolute Gasteiger partial charge is 0.409 e. The Kier molecular flexibility index (Phi) is 3.53. The summed E-state index contributed by atoms with van der Waals surface area (Å²) in [5, 5.41) is 11.3. The van der Waals surface area contributed by atoms with Gasteiger partial charge in [0, 0.05) is 9.99 Å². The molecule has 0 atom stereocenters. The van der Waals surface area contributed by atoms with Crippen molar-refractivity contribution in [3.05, 3.63) is 32.9 Å². The predicted octanol–water partition coefficient (Wildman–Crippen LogP) is 1.89. The Hall–Kier alpha value is -0.780. The molecule has 0 amide bonds. The van der Waals surface area contributed by atoms with Crippen molar-refractivity contribution in [3.63, 3.8) is 0 Å². The number of nitrogens with zero attached hydrogens (tertiary/aromatic N) is 1. The van der Waals surface area contributed by atoms with E-state index in [9.17, 15) is 0 Å². The molecule has 0 unspecified atom stereocenters. The molecule has 1 aromatic carbocycles. The summed E-state index contributed by atoms with van der Waals surface area (Å²) in [7, 11) is 0. The second-order valence-electron chi connectivity index (χ2n) is 2.85. The van der Waals surface area contributed by atoms with E-state index in [1.165, 1.54) is 9.13 Å². The highest BCUT2D eigenvalue weighted by molar-refractivity contribution is 14.1. The van der Waals surface area contributed by atoms with Gasteiger partial charge in [0.05, 0.1) is 0 Å². The Morgan fingerprint density at radius 1 is 1.62 bits per heavy atom. The van der Waals surface area contributed by atoms with Crippen molar-refractivity contribution in [1.29, 1.82) is 0 Å². The first kappa shape index (κ1) is 10.3. The summed E-state index contributed by atoms with van der Waals surface area (Å²) in [6.07, 6.45) is 0.494. The fourth-order valence-corrected chi connectivity index (χ4v) is 1.40. The van der Waals surface area contributed by atoms with E-state index in [1.807, 2.05) is 25.1 Å². The van der Waals surface area contributed by atoms with Crippen molar-refractivity contribution < 1.29 is 5.21 Å².